The molecule has 2 unspecified atom stereocenters. The second kappa shape index (κ2) is 9.07. The van der Waals surface area contributed by atoms with Crippen LogP contribution in [-0.2, 0) is 15.3 Å². The fraction of sp³-hybridized carbons (Fsp3) is 0.217. The minimum atomic E-state index is -0.964. The summed E-state index contributed by atoms with van der Waals surface area (Å²) < 4.78 is 18.4. The van der Waals surface area contributed by atoms with Gasteiger partial charge in [0.1, 0.15) is 18.5 Å². The van der Waals surface area contributed by atoms with Crippen molar-refractivity contribution in [2.75, 3.05) is 18.5 Å². The standard InChI is InChI=1S/C23H19BrCl2O3/c24-15-23(20-11-10-17(25)12-21(20)26)28-14-18(29-23)13-27-22-9-5-4-8-19(22)16-6-2-1-3-7-16/h1-12,18H,13-15H2. The van der Waals surface area contributed by atoms with Crippen LogP contribution in [0.1, 0.15) is 5.56 Å². The lowest BCUT2D eigenvalue weighted by atomic mass is 10.1. The molecule has 1 saturated heterocycles. The molecule has 1 fully saturated rings. The van der Waals surface area contributed by atoms with Crippen LogP contribution in [0.5, 0.6) is 5.75 Å². The number of ether oxygens (including phenoxy) is 3. The minimum Gasteiger partial charge on any atom is -0.490 e. The average Bonchev–Trinajstić information content (AvgIpc) is 3.17. The van der Waals surface area contributed by atoms with Crippen LogP contribution in [0.4, 0.5) is 0 Å². The van der Waals surface area contributed by atoms with Gasteiger partial charge in [0.2, 0.25) is 5.79 Å². The second-order valence-electron chi connectivity index (χ2n) is 6.73. The summed E-state index contributed by atoms with van der Waals surface area (Å²) in [6.45, 7) is 0.766. The van der Waals surface area contributed by atoms with Crippen LogP contribution in [0.3, 0.4) is 0 Å². The maximum Gasteiger partial charge on any atom is 0.206 e. The first-order valence-electron chi connectivity index (χ1n) is 9.22. The first-order valence-corrected chi connectivity index (χ1v) is 11.1. The lowest BCUT2D eigenvalue weighted by molar-refractivity contribution is -0.159. The van der Waals surface area contributed by atoms with Crippen molar-refractivity contribution in [1.82, 2.24) is 0 Å². The molecular formula is C23H19BrCl2O3. The van der Waals surface area contributed by atoms with E-state index in [4.69, 9.17) is 37.4 Å². The summed E-state index contributed by atoms with van der Waals surface area (Å²) in [6.07, 6.45) is -0.233. The maximum absolute atomic E-state index is 6.39. The summed E-state index contributed by atoms with van der Waals surface area (Å²) in [6, 6.07) is 23.4. The van der Waals surface area contributed by atoms with E-state index in [0.29, 0.717) is 28.6 Å². The van der Waals surface area contributed by atoms with E-state index in [2.05, 4.69) is 28.1 Å². The van der Waals surface area contributed by atoms with Crippen molar-refractivity contribution in [2.45, 2.75) is 11.9 Å². The normalized spacial score (nSPS) is 21.3. The van der Waals surface area contributed by atoms with Crippen LogP contribution in [0.15, 0.2) is 72.8 Å². The summed E-state index contributed by atoms with van der Waals surface area (Å²) in [5.41, 5.74) is 2.89. The van der Waals surface area contributed by atoms with E-state index >= 15 is 0 Å². The molecule has 0 amide bonds. The SMILES string of the molecule is Clc1ccc(C2(CBr)OCC(COc3ccccc3-c3ccccc3)O2)c(Cl)c1. The topological polar surface area (TPSA) is 27.7 Å². The van der Waals surface area contributed by atoms with Gasteiger partial charge < -0.3 is 14.2 Å². The molecule has 1 aliphatic rings. The Bertz CT molecular complexity index is 983. The van der Waals surface area contributed by atoms with Gasteiger partial charge >= 0.3 is 0 Å². The highest BCUT2D eigenvalue weighted by atomic mass is 79.9. The van der Waals surface area contributed by atoms with Crippen LogP contribution in [0, 0.1) is 0 Å². The van der Waals surface area contributed by atoms with Crippen molar-refractivity contribution >= 4 is 39.1 Å². The number of hydrogen-bond acceptors (Lipinski definition) is 3. The lowest BCUT2D eigenvalue weighted by Gasteiger charge is -2.27. The van der Waals surface area contributed by atoms with Gasteiger partial charge in [-0.05, 0) is 23.8 Å². The molecule has 2 atom stereocenters. The zero-order valence-electron chi connectivity index (χ0n) is 15.5. The molecule has 0 N–H and O–H groups in total. The van der Waals surface area contributed by atoms with Crippen molar-refractivity contribution in [2.24, 2.45) is 0 Å². The van der Waals surface area contributed by atoms with Gasteiger partial charge in [0, 0.05) is 16.1 Å². The second-order valence-corrected chi connectivity index (χ2v) is 8.14. The zero-order chi connectivity index (χ0) is 20.3. The van der Waals surface area contributed by atoms with Crippen LogP contribution in [-0.4, -0.2) is 24.6 Å². The van der Waals surface area contributed by atoms with Crippen LogP contribution in [0.25, 0.3) is 11.1 Å². The molecule has 3 nitrogen and oxygen atoms in total. The third-order valence-corrected chi connectivity index (χ3v) is 6.06. The molecule has 0 aliphatic carbocycles. The Hall–Kier alpha value is -1.56. The molecule has 0 bridgehead atoms. The van der Waals surface area contributed by atoms with Crippen LogP contribution < -0.4 is 4.74 Å². The van der Waals surface area contributed by atoms with Crippen molar-refractivity contribution < 1.29 is 14.2 Å². The highest BCUT2D eigenvalue weighted by Gasteiger charge is 2.44. The number of alkyl halides is 1. The van der Waals surface area contributed by atoms with Gasteiger partial charge in [-0.15, -0.1) is 0 Å². The molecule has 6 heteroatoms. The first-order chi connectivity index (χ1) is 14.1. The molecule has 29 heavy (non-hydrogen) atoms. The fourth-order valence-electron chi connectivity index (χ4n) is 3.36. The van der Waals surface area contributed by atoms with Crippen molar-refractivity contribution in [3.05, 3.63) is 88.4 Å². The molecule has 3 aromatic rings. The average molecular weight is 494 g/mol. The van der Waals surface area contributed by atoms with Crippen molar-refractivity contribution in [1.29, 1.82) is 0 Å². The highest BCUT2D eigenvalue weighted by Crippen LogP contribution is 2.40. The predicted molar refractivity (Wildman–Crippen MR) is 120 cm³/mol. The van der Waals surface area contributed by atoms with Gasteiger partial charge in [0.05, 0.1) is 17.0 Å². The maximum atomic E-state index is 6.39. The number of benzene rings is 3. The van der Waals surface area contributed by atoms with Crippen LogP contribution >= 0.6 is 39.1 Å². The molecule has 0 spiro atoms. The summed E-state index contributed by atoms with van der Waals surface area (Å²) in [7, 11) is 0. The Morgan fingerprint density at radius 2 is 1.76 bits per heavy atom. The number of para-hydroxylation sites is 1. The Morgan fingerprint density at radius 3 is 2.52 bits per heavy atom. The van der Waals surface area contributed by atoms with E-state index in [-0.39, 0.29) is 6.10 Å². The molecule has 1 aliphatic heterocycles. The molecule has 0 aromatic heterocycles. The smallest absolute Gasteiger partial charge is 0.206 e. The van der Waals surface area contributed by atoms with Gasteiger partial charge in [-0.3, -0.25) is 0 Å². The van der Waals surface area contributed by atoms with Gasteiger partial charge in [-0.25, -0.2) is 0 Å². The summed E-state index contributed by atoms with van der Waals surface area (Å²) in [5, 5.41) is 1.52. The van der Waals surface area contributed by atoms with E-state index in [1.165, 1.54) is 0 Å². The summed E-state index contributed by atoms with van der Waals surface area (Å²) >= 11 is 15.9. The lowest BCUT2D eigenvalue weighted by Crippen LogP contribution is -2.31. The minimum absolute atomic E-state index is 0.233. The van der Waals surface area contributed by atoms with Crippen molar-refractivity contribution in [3.8, 4) is 16.9 Å². The van der Waals surface area contributed by atoms with E-state index < -0.39 is 5.79 Å². The first kappa shape index (κ1) is 20.7. The number of hydrogen-bond donors (Lipinski definition) is 0. The Balaban J connectivity index is 1.49. The monoisotopic (exact) mass is 492 g/mol. The highest BCUT2D eigenvalue weighted by molar-refractivity contribution is 9.09. The molecular weight excluding hydrogens is 475 g/mol. The summed E-state index contributed by atoms with van der Waals surface area (Å²) in [4.78, 5) is 0. The zero-order valence-corrected chi connectivity index (χ0v) is 18.6. The van der Waals surface area contributed by atoms with Gasteiger partial charge in [0.15, 0.2) is 0 Å². The van der Waals surface area contributed by atoms with E-state index in [9.17, 15) is 0 Å². The molecule has 1 heterocycles. The van der Waals surface area contributed by atoms with Gasteiger partial charge in [-0.2, -0.15) is 0 Å². The van der Waals surface area contributed by atoms with E-state index in [1.807, 2.05) is 48.5 Å². The van der Waals surface area contributed by atoms with Gasteiger partial charge in [0.25, 0.3) is 0 Å². The third kappa shape index (κ3) is 4.47. The molecule has 150 valence electrons. The third-order valence-electron chi connectivity index (χ3n) is 4.77. The summed E-state index contributed by atoms with van der Waals surface area (Å²) in [5.74, 6) is -0.155. The number of halogens is 3. The largest absolute Gasteiger partial charge is 0.490 e. The quantitative estimate of drug-likeness (QED) is 0.357. The van der Waals surface area contributed by atoms with Gasteiger partial charge in [-0.1, -0.05) is 93.7 Å². The van der Waals surface area contributed by atoms with E-state index in [1.54, 1.807) is 12.1 Å². The fourth-order valence-corrected chi connectivity index (χ4v) is 4.51. The Morgan fingerprint density at radius 1 is 1.00 bits per heavy atom. The van der Waals surface area contributed by atoms with Crippen molar-refractivity contribution in [3.63, 3.8) is 0 Å². The van der Waals surface area contributed by atoms with Crippen LogP contribution in [0.2, 0.25) is 10.0 Å². The molecule has 0 radical (unpaired) electrons. The van der Waals surface area contributed by atoms with E-state index in [0.717, 1.165) is 22.4 Å². The Kier molecular flexibility index (Phi) is 6.47. The molecule has 4 rings (SSSR count). The predicted octanol–water partition coefficient (Wildman–Crippen LogP) is 6.70. The Labute approximate surface area is 188 Å². The molecule has 0 saturated carbocycles. The molecule has 3 aromatic carbocycles. The number of rotatable bonds is 6.